The van der Waals surface area contributed by atoms with E-state index in [1.807, 2.05) is 0 Å². The number of hydrogen-bond donors (Lipinski definition) is 1. The van der Waals surface area contributed by atoms with Gasteiger partial charge < -0.3 is 5.73 Å². The molecule has 2 rings (SSSR count). The Morgan fingerprint density at radius 3 is 2.39 bits per heavy atom. The van der Waals surface area contributed by atoms with Crippen molar-refractivity contribution in [3.05, 3.63) is 53.8 Å². The maximum absolute atomic E-state index is 13.6. The van der Waals surface area contributed by atoms with E-state index in [1.165, 1.54) is 13.0 Å². The van der Waals surface area contributed by atoms with Gasteiger partial charge in [0.2, 0.25) is 0 Å². The van der Waals surface area contributed by atoms with Gasteiger partial charge in [-0.1, -0.05) is 24.3 Å². The van der Waals surface area contributed by atoms with Gasteiger partial charge in [-0.05, 0) is 30.7 Å². The molecule has 0 aliphatic rings. The van der Waals surface area contributed by atoms with E-state index in [0.717, 1.165) is 0 Å². The van der Waals surface area contributed by atoms with Crippen LogP contribution in [0.3, 0.4) is 0 Å². The highest BCUT2D eigenvalue weighted by molar-refractivity contribution is 5.99. The Balaban J connectivity index is 0.00000162. The number of hydrogen-bond acceptors (Lipinski definition) is 2. The molecule has 0 radical (unpaired) electrons. The predicted molar refractivity (Wildman–Crippen MR) is 73.5 cm³/mol. The second kappa shape index (κ2) is 5.65. The Bertz CT molecular complexity index is 584. The molecule has 18 heavy (non-hydrogen) atoms. The van der Waals surface area contributed by atoms with Crippen LogP contribution in [0, 0.1) is 5.82 Å². The molecule has 2 nitrogen and oxygen atoms in total. The molecule has 0 fully saturated rings. The number of anilines is 1. The van der Waals surface area contributed by atoms with Crippen molar-refractivity contribution in [2.24, 2.45) is 0 Å². The lowest BCUT2D eigenvalue weighted by Gasteiger charge is -2.07. The van der Waals surface area contributed by atoms with E-state index in [9.17, 15) is 9.18 Å². The molecule has 4 heteroatoms. The quantitative estimate of drug-likeness (QED) is 0.665. The number of ketones is 1. The molecule has 0 atom stereocenters. The highest BCUT2D eigenvalue weighted by Gasteiger charge is 2.08. The molecular weight excluding hydrogens is 253 g/mol. The normalized spacial score (nSPS) is 9.67. The first-order valence-electron chi connectivity index (χ1n) is 5.25. The number of carbonyl (C=O) groups excluding carboxylic acids is 1. The first kappa shape index (κ1) is 14.2. The van der Waals surface area contributed by atoms with Crippen molar-refractivity contribution in [2.45, 2.75) is 6.92 Å². The summed E-state index contributed by atoms with van der Waals surface area (Å²) in [5.74, 6) is -0.398. The molecule has 0 saturated carbocycles. The lowest BCUT2D eigenvalue weighted by atomic mass is 10.0. The van der Waals surface area contributed by atoms with E-state index >= 15 is 0 Å². The summed E-state index contributed by atoms with van der Waals surface area (Å²) in [4.78, 5) is 11.2. The van der Waals surface area contributed by atoms with Crippen LogP contribution in [-0.2, 0) is 0 Å². The molecule has 0 aromatic heterocycles. The maximum atomic E-state index is 13.6. The molecule has 2 aromatic rings. The second-order valence-electron chi connectivity index (χ2n) is 3.84. The van der Waals surface area contributed by atoms with Gasteiger partial charge in [0.15, 0.2) is 5.78 Å². The summed E-state index contributed by atoms with van der Waals surface area (Å²) in [6, 6.07) is 11.4. The molecule has 0 saturated heterocycles. The second-order valence-corrected chi connectivity index (χ2v) is 3.84. The summed E-state index contributed by atoms with van der Waals surface area (Å²) in [5, 5.41) is 0. The monoisotopic (exact) mass is 265 g/mol. The van der Waals surface area contributed by atoms with Gasteiger partial charge in [-0.2, -0.15) is 0 Å². The number of halogens is 2. The number of benzene rings is 2. The van der Waals surface area contributed by atoms with Crippen molar-refractivity contribution in [2.75, 3.05) is 5.73 Å². The Kier molecular flexibility index (Phi) is 4.45. The number of nitrogen functional groups attached to an aromatic ring is 1. The van der Waals surface area contributed by atoms with Crippen LogP contribution in [0.15, 0.2) is 42.5 Å². The molecule has 2 N–H and O–H groups in total. The van der Waals surface area contributed by atoms with Gasteiger partial charge >= 0.3 is 0 Å². The first-order valence-corrected chi connectivity index (χ1v) is 5.25. The van der Waals surface area contributed by atoms with Crippen LogP contribution in [0.2, 0.25) is 0 Å². The van der Waals surface area contributed by atoms with E-state index in [2.05, 4.69) is 0 Å². The SMILES string of the molecule is CC(=O)c1ccc(-c2ccccc2F)cc1N.Cl. The van der Waals surface area contributed by atoms with Gasteiger partial charge in [-0.3, -0.25) is 4.79 Å². The zero-order valence-electron chi connectivity index (χ0n) is 9.81. The smallest absolute Gasteiger partial charge is 0.161 e. The fourth-order valence-electron chi connectivity index (χ4n) is 1.75. The van der Waals surface area contributed by atoms with E-state index in [1.54, 1.807) is 36.4 Å². The number of Topliss-reactive ketones (excluding diaryl/α,β-unsaturated/α-hetero) is 1. The molecule has 0 heterocycles. The Morgan fingerprint density at radius 2 is 1.83 bits per heavy atom. The van der Waals surface area contributed by atoms with Crippen LogP contribution in [0.5, 0.6) is 0 Å². The van der Waals surface area contributed by atoms with Crippen LogP contribution >= 0.6 is 12.4 Å². The zero-order chi connectivity index (χ0) is 12.4. The van der Waals surface area contributed by atoms with Gasteiger partial charge in [0.25, 0.3) is 0 Å². The van der Waals surface area contributed by atoms with Crippen molar-refractivity contribution < 1.29 is 9.18 Å². The first-order chi connectivity index (χ1) is 8.09. The zero-order valence-corrected chi connectivity index (χ0v) is 10.6. The average Bonchev–Trinajstić information content (AvgIpc) is 2.29. The van der Waals surface area contributed by atoms with Crippen molar-refractivity contribution in [3.8, 4) is 11.1 Å². The van der Waals surface area contributed by atoms with Gasteiger partial charge in [0.1, 0.15) is 5.82 Å². The minimum absolute atomic E-state index is 0. The Morgan fingerprint density at radius 1 is 1.17 bits per heavy atom. The van der Waals surface area contributed by atoms with E-state index in [0.29, 0.717) is 22.4 Å². The van der Waals surface area contributed by atoms with Crippen LogP contribution in [0.1, 0.15) is 17.3 Å². The summed E-state index contributed by atoms with van der Waals surface area (Å²) in [5.41, 5.74) is 7.76. The van der Waals surface area contributed by atoms with Crippen molar-refractivity contribution in [1.29, 1.82) is 0 Å². The fraction of sp³-hybridized carbons (Fsp3) is 0.0714. The third kappa shape index (κ3) is 2.68. The largest absolute Gasteiger partial charge is 0.398 e. The minimum atomic E-state index is -0.303. The van der Waals surface area contributed by atoms with Crippen molar-refractivity contribution in [1.82, 2.24) is 0 Å². The topological polar surface area (TPSA) is 43.1 Å². The molecule has 0 bridgehead atoms. The van der Waals surface area contributed by atoms with Crippen molar-refractivity contribution >= 4 is 23.9 Å². The van der Waals surface area contributed by atoms with Crippen LogP contribution < -0.4 is 5.73 Å². The number of rotatable bonds is 2. The van der Waals surface area contributed by atoms with Gasteiger partial charge in [-0.25, -0.2) is 4.39 Å². The highest BCUT2D eigenvalue weighted by atomic mass is 35.5. The van der Waals surface area contributed by atoms with Crippen LogP contribution in [0.25, 0.3) is 11.1 Å². The lowest BCUT2D eigenvalue weighted by molar-refractivity contribution is 0.101. The summed E-state index contributed by atoms with van der Waals surface area (Å²) >= 11 is 0. The molecule has 0 aliphatic carbocycles. The van der Waals surface area contributed by atoms with Crippen molar-refractivity contribution in [3.63, 3.8) is 0 Å². The highest BCUT2D eigenvalue weighted by Crippen LogP contribution is 2.26. The standard InChI is InChI=1S/C14H12FNO.ClH/c1-9(17)11-7-6-10(8-14(11)16)12-4-2-3-5-13(12)15;/h2-8H,16H2,1H3;1H. The third-order valence-corrected chi connectivity index (χ3v) is 2.62. The Labute approximate surface area is 111 Å². The Hall–Kier alpha value is -1.87. The van der Waals surface area contributed by atoms with Gasteiger partial charge in [0.05, 0.1) is 0 Å². The average molecular weight is 266 g/mol. The predicted octanol–water partition coefficient (Wildman–Crippen LogP) is 3.70. The third-order valence-electron chi connectivity index (χ3n) is 2.62. The van der Waals surface area contributed by atoms with Gasteiger partial charge in [-0.15, -0.1) is 12.4 Å². The maximum Gasteiger partial charge on any atom is 0.161 e. The van der Waals surface area contributed by atoms with Crippen LogP contribution in [-0.4, -0.2) is 5.78 Å². The molecule has 2 aromatic carbocycles. The minimum Gasteiger partial charge on any atom is -0.398 e. The molecule has 0 amide bonds. The van der Waals surface area contributed by atoms with Gasteiger partial charge in [0, 0.05) is 16.8 Å². The summed E-state index contributed by atoms with van der Waals surface area (Å²) < 4.78 is 13.6. The molecule has 0 unspecified atom stereocenters. The fourth-order valence-corrected chi connectivity index (χ4v) is 1.75. The summed E-state index contributed by atoms with van der Waals surface area (Å²) in [6.07, 6.45) is 0. The lowest BCUT2D eigenvalue weighted by Crippen LogP contribution is -1.99. The number of nitrogens with two attached hydrogens (primary N) is 1. The van der Waals surface area contributed by atoms with E-state index in [4.69, 9.17) is 5.73 Å². The molecular formula is C14H13ClFNO. The molecule has 94 valence electrons. The van der Waals surface area contributed by atoms with Crippen LogP contribution in [0.4, 0.5) is 10.1 Å². The molecule has 0 spiro atoms. The van der Waals surface area contributed by atoms with E-state index in [-0.39, 0.29) is 24.0 Å². The number of carbonyl (C=O) groups is 1. The summed E-state index contributed by atoms with van der Waals surface area (Å²) in [7, 11) is 0. The van der Waals surface area contributed by atoms with E-state index < -0.39 is 0 Å². The summed E-state index contributed by atoms with van der Waals surface area (Å²) in [6.45, 7) is 1.45. The molecule has 0 aliphatic heterocycles.